The van der Waals surface area contributed by atoms with E-state index in [0.29, 0.717) is 13.0 Å². The minimum atomic E-state index is -0.517. The van der Waals surface area contributed by atoms with Gasteiger partial charge in [0.05, 0.1) is 10.5 Å². The Morgan fingerprint density at radius 2 is 1.79 bits per heavy atom. The van der Waals surface area contributed by atoms with Crippen LogP contribution in [0.1, 0.15) is 28.8 Å². The second-order valence-electron chi connectivity index (χ2n) is 7.33. The minimum absolute atomic E-state index is 0.00191. The number of carbonyl (C=O) groups excluding carboxylic acids is 2. The summed E-state index contributed by atoms with van der Waals surface area (Å²) in [4.78, 5) is 36.6. The zero-order valence-electron chi connectivity index (χ0n) is 15.6. The Hall–Kier alpha value is -3.42. The van der Waals surface area contributed by atoms with E-state index in [1.807, 2.05) is 30.3 Å². The number of rotatable bonds is 5. The summed E-state index contributed by atoms with van der Waals surface area (Å²) in [5, 5.41) is 10.7. The van der Waals surface area contributed by atoms with Crippen LogP contribution in [-0.2, 0) is 16.1 Å². The molecule has 1 amide bonds. The number of likely N-dealkylation sites (tertiary alicyclic amines) is 1. The minimum Gasteiger partial charge on any atom is -0.458 e. The monoisotopic (exact) mass is 396 g/mol. The highest BCUT2D eigenvalue weighted by molar-refractivity contribution is 5.89. The van der Waals surface area contributed by atoms with Gasteiger partial charge in [0.25, 0.3) is 5.69 Å². The molecule has 1 aliphatic heterocycles. The molecule has 150 valence electrons. The van der Waals surface area contributed by atoms with Gasteiger partial charge in [-0.25, -0.2) is 9.59 Å². The molecule has 0 radical (unpaired) electrons. The number of nitrogens with zero attached hydrogens (tertiary/aromatic N) is 2. The van der Waals surface area contributed by atoms with Crippen molar-refractivity contribution in [3.05, 3.63) is 75.8 Å². The fraction of sp³-hybridized carbons (Fsp3) is 0.333. The van der Waals surface area contributed by atoms with E-state index in [1.165, 1.54) is 24.3 Å². The van der Waals surface area contributed by atoms with Crippen molar-refractivity contribution in [1.29, 1.82) is 0 Å². The van der Waals surface area contributed by atoms with Crippen LogP contribution in [0.25, 0.3) is 0 Å². The van der Waals surface area contributed by atoms with Crippen LogP contribution in [0.4, 0.5) is 10.5 Å². The van der Waals surface area contributed by atoms with Crippen molar-refractivity contribution in [1.82, 2.24) is 4.90 Å². The van der Waals surface area contributed by atoms with Crippen LogP contribution in [0.5, 0.6) is 0 Å². The van der Waals surface area contributed by atoms with Crippen molar-refractivity contribution in [2.45, 2.75) is 31.6 Å². The zero-order chi connectivity index (χ0) is 20.4. The van der Waals surface area contributed by atoms with E-state index in [9.17, 15) is 19.7 Å². The number of amides is 1. The molecule has 2 bridgehead atoms. The number of carbonyl (C=O) groups is 2. The molecule has 29 heavy (non-hydrogen) atoms. The van der Waals surface area contributed by atoms with Gasteiger partial charge in [-0.05, 0) is 24.1 Å². The number of non-ortho nitro benzene ring substituents is 1. The first-order valence-electron chi connectivity index (χ1n) is 9.44. The molecule has 3 atom stereocenters. The predicted molar refractivity (Wildman–Crippen MR) is 102 cm³/mol. The van der Waals surface area contributed by atoms with Gasteiger partial charge in [0, 0.05) is 37.1 Å². The molecular weight excluding hydrogens is 376 g/mol. The highest BCUT2D eigenvalue weighted by Gasteiger charge is 2.48. The first-order valence-corrected chi connectivity index (χ1v) is 9.44. The Kier molecular flexibility index (Phi) is 5.16. The second-order valence-corrected chi connectivity index (χ2v) is 7.33. The van der Waals surface area contributed by atoms with Crippen molar-refractivity contribution in [3.8, 4) is 0 Å². The summed E-state index contributed by atoms with van der Waals surface area (Å²) in [6, 6.07) is 14.8. The Morgan fingerprint density at radius 1 is 1.07 bits per heavy atom. The first kappa shape index (κ1) is 18.9. The molecule has 2 aromatic rings. The second kappa shape index (κ2) is 7.90. The molecular formula is C21H20N2O6. The quantitative estimate of drug-likeness (QED) is 0.435. The molecule has 2 fully saturated rings. The van der Waals surface area contributed by atoms with E-state index in [4.69, 9.17) is 9.47 Å². The standard InChI is InChI=1S/C21H20N2O6/c24-20(15-6-8-17(9-7-15)23(26)27)29-19-11-18-10-16(19)12-22(18)21(25)28-13-14-4-2-1-3-5-14/h1-9,16,18-19H,10-13H2/t16-,18-,19+/m1/s1. The number of fused-ring (bicyclic) bond motifs is 2. The molecule has 0 unspecified atom stereocenters. The van der Waals surface area contributed by atoms with Gasteiger partial charge in [-0.3, -0.25) is 10.1 Å². The van der Waals surface area contributed by atoms with Gasteiger partial charge in [0.1, 0.15) is 12.7 Å². The maximum absolute atomic E-state index is 12.4. The third-order valence-corrected chi connectivity index (χ3v) is 5.49. The van der Waals surface area contributed by atoms with Crippen LogP contribution in [0.15, 0.2) is 54.6 Å². The molecule has 8 heteroatoms. The molecule has 2 aliphatic rings. The first-order chi connectivity index (χ1) is 14.0. The van der Waals surface area contributed by atoms with Crippen LogP contribution >= 0.6 is 0 Å². The predicted octanol–water partition coefficient (Wildman–Crippen LogP) is 3.55. The van der Waals surface area contributed by atoms with Gasteiger partial charge in [-0.15, -0.1) is 0 Å². The summed E-state index contributed by atoms with van der Waals surface area (Å²) in [5.74, 6) is -0.429. The number of hydrogen-bond acceptors (Lipinski definition) is 6. The molecule has 0 aromatic heterocycles. The number of piperidine rings is 1. The largest absolute Gasteiger partial charge is 0.458 e. The number of benzene rings is 2. The Balaban J connectivity index is 1.29. The summed E-state index contributed by atoms with van der Waals surface area (Å²) in [7, 11) is 0. The summed E-state index contributed by atoms with van der Waals surface area (Å²) in [5.41, 5.74) is 1.13. The summed E-state index contributed by atoms with van der Waals surface area (Å²) < 4.78 is 11.0. The lowest BCUT2D eigenvalue weighted by atomic mass is 10.1. The van der Waals surface area contributed by atoms with Crippen LogP contribution in [0, 0.1) is 16.0 Å². The molecule has 4 rings (SSSR count). The smallest absolute Gasteiger partial charge is 0.410 e. The Bertz CT molecular complexity index is 915. The summed E-state index contributed by atoms with van der Waals surface area (Å²) in [6.45, 7) is 0.725. The van der Waals surface area contributed by atoms with E-state index in [1.54, 1.807) is 4.90 Å². The van der Waals surface area contributed by atoms with Crippen LogP contribution < -0.4 is 0 Å². The van der Waals surface area contributed by atoms with Crippen molar-refractivity contribution < 1.29 is 24.0 Å². The number of esters is 1. The number of hydrogen-bond donors (Lipinski definition) is 0. The Morgan fingerprint density at radius 3 is 2.41 bits per heavy atom. The van der Waals surface area contributed by atoms with Crippen LogP contribution in [0.2, 0.25) is 0 Å². The van der Waals surface area contributed by atoms with Crippen molar-refractivity contribution in [2.75, 3.05) is 6.54 Å². The van der Waals surface area contributed by atoms with Gasteiger partial charge < -0.3 is 14.4 Å². The summed E-state index contributed by atoms with van der Waals surface area (Å²) in [6.07, 6.45) is 0.741. The van der Waals surface area contributed by atoms with Gasteiger partial charge in [-0.2, -0.15) is 0 Å². The van der Waals surface area contributed by atoms with Crippen molar-refractivity contribution in [3.63, 3.8) is 0 Å². The fourth-order valence-electron chi connectivity index (χ4n) is 4.00. The third kappa shape index (κ3) is 4.06. The average molecular weight is 396 g/mol. The maximum atomic E-state index is 12.4. The van der Waals surface area contributed by atoms with Gasteiger partial charge >= 0.3 is 12.1 Å². The van der Waals surface area contributed by atoms with E-state index < -0.39 is 10.9 Å². The highest BCUT2D eigenvalue weighted by Crippen LogP contribution is 2.40. The number of ether oxygens (including phenoxy) is 2. The lowest BCUT2D eigenvalue weighted by Crippen LogP contribution is -2.43. The third-order valence-electron chi connectivity index (χ3n) is 5.49. The van der Waals surface area contributed by atoms with E-state index in [2.05, 4.69) is 0 Å². The lowest BCUT2D eigenvalue weighted by Gasteiger charge is -2.30. The molecule has 1 aliphatic carbocycles. The van der Waals surface area contributed by atoms with E-state index >= 15 is 0 Å². The van der Waals surface area contributed by atoms with Gasteiger partial charge in [-0.1, -0.05) is 30.3 Å². The highest BCUT2D eigenvalue weighted by atomic mass is 16.6. The average Bonchev–Trinajstić information content (AvgIpc) is 3.33. The SMILES string of the molecule is O=C(O[C@H]1C[C@H]2C[C@@H]1CN2C(=O)OCc1ccccc1)c1ccc([N+](=O)[O-])cc1. The fourth-order valence-corrected chi connectivity index (χ4v) is 4.00. The summed E-state index contributed by atoms with van der Waals surface area (Å²) >= 11 is 0. The molecule has 1 heterocycles. The van der Waals surface area contributed by atoms with Gasteiger partial charge in [0.2, 0.25) is 0 Å². The van der Waals surface area contributed by atoms with Crippen molar-refractivity contribution in [2.24, 2.45) is 5.92 Å². The van der Waals surface area contributed by atoms with E-state index in [0.717, 1.165) is 12.0 Å². The van der Waals surface area contributed by atoms with Crippen molar-refractivity contribution >= 4 is 17.7 Å². The molecule has 2 aromatic carbocycles. The topological polar surface area (TPSA) is 99.0 Å². The number of nitro groups is 1. The lowest BCUT2D eigenvalue weighted by molar-refractivity contribution is -0.384. The molecule has 1 saturated heterocycles. The zero-order valence-corrected chi connectivity index (χ0v) is 15.6. The molecule has 1 saturated carbocycles. The van der Waals surface area contributed by atoms with Crippen LogP contribution in [0.3, 0.4) is 0 Å². The molecule has 8 nitrogen and oxygen atoms in total. The number of nitro benzene ring substituents is 1. The Labute approximate surface area is 167 Å². The molecule has 0 spiro atoms. The van der Waals surface area contributed by atoms with Gasteiger partial charge in [0.15, 0.2) is 0 Å². The van der Waals surface area contributed by atoms with E-state index in [-0.39, 0.29) is 42.0 Å². The normalized spacial score (nSPS) is 22.3. The maximum Gasteiger partial charge on any atom is 0.410 e. The van der Waals surface area contributed by atoms with Crippen LogP contribution in [-0.4, -0.2) is 40.6 Å². The molecule has 0 N–H and O–H groups in total.